The first-order valence-corrected chi connectivity index (χ1v) is 9.29. The van der Waals surface area contributed by atoms with Crippen molar-refractivity contribution in [1.29, 1.82) is 0 Å². The van der Waals surface area contributed by atoms with Crippen molar-refractivity contribution < 1.29 is 27.4 Å². The van der Waals surface area contributed by atoms with Crippen molar-refractivity contribution in [1.82, 2.24) is 15.0 Å². The Bertz CT molecular complexity index is 971. The first-order chi connectivity index (χ1) is 13.3. The molecule has 1 atom stereocenters. The van der Waals surface area contributed by atoms with Gasteiger partial charge in [-0.25, -0.2) is 9.37 Å². The Kier molecular flexibility index (Phi) is 6.09. The molecule has 2 heterocycles. The molecule has 0 spiro atoms. The third kappa shape index (κ3) is 4.56. The third-order valence-electron chi connectivity index (χ3n) is 3.63. The lowest BCUT2D eigenvalue weighted by molar-refractivity contribution is -0.199. The van der Waals surface area contributed by atoms with E-state index in [1.807, 2.05) is 0 Å². The zero-order valence-corrected chi connectivity index (χ0v) is 16.3. The van der Waals surface area contributed by atoms with Gasteiger partial charge in [-0.1, -0.05) is 23.4 Å². The van der Waals surface area contributed by atoms with Crippen molar-refractivity contribution in [2.24, 2.45) is 0 Å². The highest BCUT2D eigenvalue weighted by Gasteiger charge is 2.42. The summed E-state index contributed by atoms with van der Waals surface area (Å²) in [7, 11) is 2.84. The van der Waals surface area contributed by atoms with E-state index in [9.17, 15) is 13.2 Å². The molecular weight excluding hydrogens is 419 g/mol. The molecule has 0 saturated carbocycles. The Balaban J connectivity index is 1.82. The Labute approximate surface area is 167 Å². The van der Waals surface area contributed by atoms with Gasteiger partial charge >= 0.3 is 6.11 Å². The number of halogens is 4. The molecule has 0 aliphatic heterocycles. The number of nitrogens with one attached hydrogen (secondary N) is 1. The lowest BCUT2D eigenvalue weighted by Crippen LogP contribution is -2.32. The van der Waals surface area contributed by atoms with Crippen LogP contribution in [0.5, 0.6) is 17.2 Å². The van der Waals surface area contributed by atoms with Crippen molar-refractivity contribution in [3.05, 3.63) is 36.2 Å². The van der Waals surface area contributed by atoms with Crippen LogP contribution < -0.4 is 14.2 Å². The van der Waals surface area contributed by atoms with Crippen LogP contribution in [0, 0.1) is 0 Å². The average Bonchev–Trinajstić information content (AvgIpc) is 3.07. The molecule has 0 saturated heterocycles. The lowest BCUT2D eigenvalue weighted by atomic mass is 10.2. The second-order valence-corrected chi connectivity index (χ2v) is 6.85. The number of hydrogen-bond donors (Lipinski definition) is 1. The van der Waals surface area contributed by atoms with Crippen LogP contribution in [0.4, 0.5) is 13.2 Å². The minimum Gasteiger partial charge on any atom is -0.497 e. The van der Waals surface area contributed by atoms with Gasteiger partial charge in [0.1, 0.15) is 5.75 Å². The molecule has 0 aliphatic rings. The fourth-order valence-electron chi connectivity index (χ4n) is 2.30. The number of ether oxygens (including phenoxy) is 3. The Morgan fingerprint density at radius 2 is 2.00 bits per heavy atom. The van der Waals surface area contributed by atoms with Crippen molar-refractivity contribution >= 4 is 34.4 Å². The van der Waals surface area contributed by atoms with E-state index >= 15 is 0 Å². The van der Waals surface area contributed by atoms with E-state index in [4.69, 9.17) is 21.1 Å². The SMILES string of the molecule is COc1ccnc(CSc2nc3cc(OC(F)(F)C(F)Cl)c(OC)cc3[nH]2)c1. The smallest absolute Gasteiger partial charge is 0.444 e. The fraction of sp³-hybridized carbons (Fsp3) is 0.294. The number of hydrogen-bond acceptors (Lipinski definition) is 6. The lowest BCUT2D eigenvalue weighted by Gasteiger charge is -2.19. The zero-order valence-electron chi connectivity index (χ0n) is 14.7. The highest BCUT2D eigenvalue weighted by molar-refractivity contribution is 7.98. The van der Waals surface area contributed by atoms with Crippen LogP contribution in [-0.2, 0) is 5.75 Å². The molecule has 0 aliphatic carbocycles. The van der Waals surface area contributed by atoms with Gasteiger partial charge in [-0.2, -0.15) is 8.78 Å². The highest BCUT2D eigenvalue weighted by Crippen LogP contribution is 2.37. The molecule has 6 nitrogen and oxygen atoms in total. The van der Waals surface area contributed by atoms with Gasteiger partial charge in [-0.15, -0.1) is 0 Å². The number of aromatic nitrogens is 3. The molecule has 0 fully saturated rings. The summed E-state index contributed by atoms with van der Waals surface area (Å²) in [6.45, 7) is 0. The summed E-state index contributed by atoms with van der Waals surface area (Å²) in [5.74, 6) is 0.804. The van der Waals surface area contributed by atoms with E-state index in [-0.39, 0.29) is 11.5 Å². The van der Waals surface area contributed by atoms with E-state index in [1.54, 1.807) is 25.4 Å². The summed E-state index contributed by atoms with van der Waals surface area (Å²) < 4.78 is 54.4. The van der Waals surface area contributed by atoms with Gasteiger partial charge in [0, 0.05) is 30.1 Å². The predicted octanol–water partition coefficient (Wildman–Crippen LogP) is 4.77. The molecule has 28 heavy (non-hydrogen) atoms. The number of methoxy groups -OCH3 is 2. The van der Waals surface area contributed by atoms with Crippen LogP contribution in [-0.4, -0.2) is 40.9 Å². The van der Waals surface area contributed by atoms with Crippen LogP contribution >= 0.6 is 23.4 Å². The molecule has 1 N–H and O–H groups in total. The average molecular weight is 434 g/mol. The maximum Gasteiger partial charge on any atom is 0.444 e. The number of aromatic amines is 1. The van der Waals surface area contributed by atoms with Crippen LogP contribution in [0.15, 0.2) is 35.6 Å². The summed E-state index contributed by atoms with van der Waals surface area (Å²) in [4.78, 5) is 11.6. The fourth-order valence-corrected chi connectivity index (χ4v) is 3.13. The topological polar surface area (TPSA) is 69.3 Å². The molecule has 0 amide bonds. The van der Waals surface area contributed by atoms with Gasteiger partial charge in [-0.05, 0) is 6.07 Å². The van der Waals surface area contributed by atoms with E-state index in [2.05, 4.69) is 19.7 Å². The van der Waals surface area contributed by atoms with E-state index in [1.165, 1.54) is 31.0 Å². The number of benzene rings is 1. The highest BCUT2D eigenvalue weighted by atomic mass is 35.5. The van der Waals surface area contributed by atoms with Crippen LogP contribution in [0.2, 0.25) is 0 Å². The number of thioether (sulfide) groups is 1. The molecule has 1 aromatic carbocycles. The standard InChI is InChI=1S/C17H15ClF3N3O3S/c1-25-10-3-4-22-9(5-10)8-28-16-23-11-6-13(26-2)14(7-12(11)24-16)27-17(20,21)15(18)19/h3-7,15H,8H2,1-2H3,(H,23,24). The van der Waals surface area contributed by atoms with Crippen LogP contribution in [0.3, 0.4) is 0 Å². The number of alkyl halides is 4. The summed E-state index contributed by atoms with van der Waals surface area (Å²) in [5.41, 5.74) is -1.34. The molecule has 2 aromatic heterocycles. The summed E-state index contributed by atoms with van der Waals surface area (Å²) >= 11 is 6.20. The molecule has 3 rings (SSSR count). The first-order valence-electron chi connectivity index (χ1n) is 7.87. The predicted molar refractivity (Wildman–Crippen MR) is 99.3 cm³/mol. The maximum atomic E-state index is 13.5. The molecule has 1 unspecified atom stereocenters. The number of rotatable bonds is 8. The summed E-state index contributed by atoms with van der Waals surface area (Å²) in [5, 5.41) is 0.534. The van der Waals surface area contributed by atoms with Gasteiger partial charge in [0.2, 0.25) is 0 Å². The van der Waals surface area contributed by atoms with Crippen molar-refractivity contribution in [3.63, 3.8) is 0 Å². The summed E-state index contributed by atoms with van der Waals surface area (Å²) in [6, 6.07) is 6.20. The van der Waals surface area contributed by atoms with Crippen LogP contribution in [0.1, 0.15) is 5.69 Å². The Morgan fingerprint density at radius 1 is 1.21 bits per heavy atom. The first kappa shape index (κ1) is 20.4. The second-order valence-electron chi connectivity index (χ2n) is 5.50. The number of H-pyrrole nitrogens is 1. The van der Waals surface area contributed by atoms with Gasteiger partial charge in [-0.3, -0.25) is 4.98 Å². The minimum absolute atomic E-state index is 0.0147. The van der Waals surface area contributed by atoms with Crippen molar-refractivity contribution in [3.8, 4) is 17.2 Å². The number of imidazole rings is 1. The van der Waals surface area contributed by atoms with E-state index in [0.29, 0.717) is 27.7 Å². The minimum atomic E-state index is -4.21. The molecule has 0 bridgehead atoms. The molecule has 11 heteroatoms. The van der Waals surface area contributed by atoms with Gasteiger partial charge in [0.05, 0.1) is 30.9 Å². The maximum absolute atomic E-state index is 13.5. The Hall–Kier alpha value is -2.33. The monoisotopic (exact) mass is 433 g/mol. The number of pyridine rings is 1. The normalized spacial score (nSPS) is 12.8. The molecular formula is C17H15ClF3N3O3S. The van der Waals surface area contributed by atoms with E-state index < -0.39 is 11.7 Å². The zero-order chi connectivity index (χ0) is 20.3. The number of nitrogens with zero attached hydrogens (tertiary/aromatic N) is 2. The van der Waals surface area contributed by atoms with Gasteiger partial charge in [0.25, 0.3) is 5.63 Å². The van der Waals surface area contributed by atoms with Gasteiger partial charge < -0.3 is 19.2 Å². The van der Waals surface area contributed by atoms with E-state index in [0.717, 1.165) is 5.69 Å². The van der Waals surface area contributed by atoms with Gasteiger partial charge in [0.15, 0.2) is 16.7 Å². The quantitative estimate of drug-likeness (QED) is 0.407. The van der Waals surface area contributed by atoms with Crippen LogP contribution in [0.25, 0.3) is 11.0 Å². The van der Waals surface area contributed by atoms with Crippen molar-refractivity contribution in [2.75, 3.05) is 14.2 Å². The molecule has 0 radical (unpaired) electrons. The molecule has 3 aromatic rings. The second kappa shape index (κ2) is 8.36. The Morgan fingerprint density at radius 3 is 2.68 bits per heavy atom. The van der Waals surface area contributed by atoms with Crippen molar-refractivity contribution in [2.45, 2.75) is 22.6 Å². The number of fused-ring (bicyclic) bond motifs is 1. The largest absolute Gasteiger partial charge is 0.497 e. The summed E-state index contributed by atoms with van der Waals surface area (Å²) in [6.07, 6.45) is -2.58. The molecule has 150 valence electrons. The third-order valence-corrected chi connectivity index (χ3v) is 4.79.